The highest BCUT2D eigenvalue weighted by atomic mass is 15.1. The summed E-state index contributed by atoms with van der Waals surface area (Å²) < 4.78 is 0. The highest BCUT2D eigenvalue weighted by molar-refractivity contribution is 5.77. The predicted molar refractivity (Wildman–Crippen MR) is 61.5 cm³/mol. The van der Waals surface area contributed by atoms with E-state index < -0.39 is 0 Å². The van der Waals surface area contributed by atoms with E-state index in [9.17, 15) is 0 Å². The van der Waals surface area contributed by atoms with Gasteiger partial charge in [0.05, 0.1) is 23.7 Å². The number of hydrogen-bond donors (Lipinski definition) is 1. The normalized spacial score (nSPS) is 23.3. The molecule has 1 aromatic heterocycles. The third-order valence-corrected chi connectivity index (χ3v) is 3.59. The Morgan fingerprint density at radius 3 is 2.75 bits per heavy atom. The number of H-pyrrole nitrogens is 1. The predicted octanol–water partition coefficient (Wildman–Crippen LogP) is 2.87. The Labute approximate surface area is 94.1 Å². The molecular weight excluding hydrogens is 198 g/mol. The maximum Gasteiger partial charge on any atom is 0.0661 e. The minimum Gasteiger partial charge on any atom is -0.278 e. The molecule has 1 aromatic carbocycles. The zero-order valence-electron chi connectivity index (χ0n) is 8.98. The fraction of sp³-hybridized carbons (Fsp3) is 0.385. The summed E-state index contributed by atoms with van der Waals surface area (Å²) in [6, 6.07) is 10.3. The van der Waals surface area contributed by atoms with Gasteiger partial charge in [-0.05, 0) is 30.7 Å². The lowest BCUT2D eigenvalue weighted by atomic mass is 10.3. The number of nitrogens with one attached hydrogen (secondary N) is 1. The molecule has 0 saturated heterocycles. The monoisotopic (exact) mass is 211 g/mol. The van der Waals surface area contributed by atoms with Gasteiger partial charge in [-0.2, -0.15) is 10.4 Å². The van der Waals surface area contributed by atoms with E-state index in [1.807, 2.05) is 30.5 Å². The van der Waals surface area contributed by atoms with Crippen LogP contribution in [0.1, 0.15) is 19.3 Å². The molecule has 2 aliphatic carbocycles. The summed E-state index contributed by atoms with van der Waals surface area (Å²) in [6.07, 6.45) is 5.70. The van der Waals surface area contributed by atoms with Gasteiger partial charge in [-0.15, -0.1) is 0 Å². The molecule has 1 N–H and O–H groups in total. The molecule has 1 unspecified atom stereocenters. The zero-order chi connectivity index (χ0) is 11.0. The van der Waals surface area contributed by atoms with Crippen molar-refractivity contribution in [1.82, 2.24) is 10.2 Å². The summed E-state index contributed by atoms with van der Waals surface area (Å²) >= 11 is 0. The molecule has 3 nitrogen and oxygen atoms in total. The van der Waals surface area contributed by atoms with Crippen LogP contribution in [0, 0.1) is 22.7 Å². The number of rotatable bonds is 0. The highest BCUT2D eigenvalue weighted by Crippen LogP contribution is 2.70. The number of nitrogens with zero attached hydrogens (tertiary/aromatic N) is 2. The second-order valence-electron chi connectivity index (χ2n) is 4.71. The van der Waals surface area contributed by atoms with Gasteiger partial charge in [-0.3, -0.25) is 5.10 Å². The zero-order valence-corrected chi connectivity index (χ0v) is 8.98. The number of nitriles is 1. The molecule has 0 aliphatic heterocycles. The maximum absolute atomic E-state index is 8.33. The molecule has 16 heavy (non-hydrogen) atoms. The van der Waals surface area contributed by atoms with Crippen LogP contribution in [0.2, 0.25) is 0 Å². The van der Waals surface area contributed by atoms with Crippen molar-refractivity contribution >= 4 is 10.9 Å². The SMILES string of the molecule is N#CC1CC12CC2.c1ccc2[nH]ncc2c1. The molecule has 4 rings (SSSR count). The first-order chi connectivity index (χ1) is 7.84. The van der Waals surface area contributed by atoms with E-state index in [1.165, 1.54) is 19.3 Å². The molecule has 2 saturated carbocycles. The molecule has 1 spiro atoms. The Balaban J connectivity index is 0.000000104. The van der Waals surface area contributed by atoms with Crippen LogP contribution in [0.3, 0.4) is 0 Å². The molecule has 3 heteroatoms. The van der Waals surface area contributed by atoms with Gasteiger partial charge in [0, 0.05) is 5.39 Å². The van der Waals surface area contributed by atoms with E-state index in [0.717, 1.165) is 10.9 Å². The molecule has 0 bridgehead atoms. The van der Waals surface area contributed by atoms with Crippen molar-refractivity contribution < 1.29 is 0 Å². The molecule has 2 aliphatic rings. The van der Waals surface area contributed by atoms with Gasteiger partial charge in [0.1, 0.15) is 0 Å². The number of para-hydroxylation sites is 1. The molecule has 1 atom stereocenters. The first-order valence-electron chi connectivity index (χ1n) is 5.62. The Morgan fingerprint density at radius 2 is 2.19 bits per heavy atom. The van der Waals surface area contributed by atoms with Crippen LogP contribution in [0.15, 0.2) is 30.5 Å². The van der Waals surface area contributed by atoms with Gasteiger partial charge in [0.25, 0.3) is 0 Å². The van der Waals surface area contributed by atoms with Gasteiger partial charge in [0.15, 0.2) is 0 Å². The van der Waals surface area contributed by atoms with Gasteiger partial charge in [-0.1, -0.05) is 18.2 Å². The van der Waals surface area contributed by atoms with E-state index in [4.69, 9.17) is 5.26 Å². The van der Waals surface area contributed by atoms with E-state index >= 15 is 0 Å². The number of hydrogen-bond acceptors (Lipinski definition) is 2. The van der Waals surface area contributed by atoms with Crippen LogP contribution in [0.4, 0.5) is 0 Å². The summed E-state index contributed by atoms with van der Waals surface area (Å²) in [7, 11) is 0. The van der Waals surface area contributed by atoms with Crippen LogP contribution >= 0.6 is 0 Å². The third kappa shape index (κ3) is 1.57. The smallest absolute Gasteiger partial charge is 0.0661 e. The van der Waals surface area contributed by atoms with Crippen LogP contribution in [0.5, 0.6) is 0 Å². The quantitative estimate of drug-likeness (QED) is 0.728. The van der Waals surface area contributed by atoms with Gasteiger partial charge in [-0.25, -0.2) is 0 Å². The Morgan fingerprint density at radius 1 is 1.38 bits per heavy atom. The van der Waals surface area contributed by atoms with Crippen LogP contribution in [0.25, 0.3) is 10.9 Å². The minimum absolute atomic E-state index is 0.465. The largest absolute Gasteiger partial charge is 0.278 e. The number of fused-ring (bicyclic) bond motifs is 1. The maximum atomic E-state index is 8.33. The minimum atomic E-state index is 0.465. The first kappa shape index (κ1) is 9.41. The van der Waals surface area contributed by atoms with Crippen LogP contribution in [-0.2, 0) is 0 Å². The van der Waals surface area contributed by atoms with Crippen molar-refractivity contribution in [3.8, 4) is 6.07 Å². The van der Waals surface area contributed by atoms with E-state index in [1.54, 1.807) is 0 Å². The van der Waals surface area contributed by atoms with E-state index in [2.05, 4.69) is 16.3 Å². The summed E-state index contributed by atoms with van der Waals surface area (Å²) in [5.74, 6) is 0.465. The molecule has 2 fully saturated rings. The van der Waals surface area contributed by atoms with Gasteiger partial charge in [0.2, 0.25) is 0 Å². The number of aromatic amines is 1. The van der Waals surface area contributed by atoms with Crippen molar-refractivity contribution in [3.05, 3.63) is 30.5 Å². The van der Waals surface area contributed by atoms with Crippen LogP contribution in [-0.4, -0.2) is 10.2 Å². The Hall–Kier alpha value is -1.82. The molecule has 80 valence electrons. The fourth-order valence-corrected chi connectivity index (χ4v) is 2.13. The average molecular weight is 211 g/mol. The third-order valence-electron chi connectivity index (χ3n) is 3.59. The summed E-state index contributed by atoms with van der Waals surface area (Å²) in [5, 5.41) is 16.2. The topological polar surface area (TPSA) is 52.5 Å². The second kappa shape index (κ2) is 3.34. The van der Waals surface area contributed by atoms with E-state index in [-0.39, 0.29) is 0 Å². The Kier molecular flexibility index (Phi) is 1.97. The standard InChI is InChI=1S/C7H6N2.C6H7N/c1-2-4-7-6(3-1)5-8-9-7;7-4-5-3-6(5)1-2-6/h1-5H,(H,8,9);5H,1-3H2. The van der Waals surface area contributed by atoms with Crippen LogP contribution < -0.4 is 0 Å². The van der Waals surface area contributed by atoms with Crippen molar-refractivity contribution in [2.24, 2.45) is 11.3 Å². The number of benzene rings is 1. The lowest BCUT2D eigenvalue weighted by Crippen LogP contribution is -1.69. The van der Waals surface area contributed by atoms with Crippen molar-refractivity contribution in [1.29, 1.82) is 5.26 Å². The highest BCUT2D eigenvalue weighted by Gasteiger charge is 2.63. The van der Waals surface area contributed by atoms with Gasteiger partial charge < -0.3 is 0 Å². The molecule has 1 heterocycles. The molecular formula is C13H13N3. The number of aromatic nitrogens is 2. The fourth-order valence-electron chi connectivity index (χ4n) is 2.13. The summed E-state index contributed by atoms with van der Waals surface area (Å²) in [4.78, 5) is 0. The average Bonchev–Trinajstić information content (AvgIpc) is 3.21. The van der Waals surface area contributed by atoms with Crippen molar-refractivity contribution in [2.75, 3.05) is 0 Å². The second-order valence-corrected chi connectivity index (χ2v) is 4.71. The summed E-state index contributed by atoms with van der Waals surface area (Å²) in [5.41, 5.74) is 1.70. The van der Waals surface area contributed by atoms with Crippen molar-refractivity contribution in [2.45, 2.75) is 19.3 Å². The van der Waals surface area contributed by atoms with Gasteiger partial charge >= 0.3 is 0 Å². The van der Waals surface area contributed by atoms with E-state index in [0.29, 0.717) is 11.3 Å². The molecule has 0 amide bonds. The Bertz CT molecular complexity index is 515. The lowest BCUT2D eigenvalue weighted by Gasteiger charge is -1.81. The van der Waals surface area contributed by atoms with Crippen molar-refractivity contribution in [3.63, 3.8) is 0 Å². The lowest BCUT2D eigenvalue weighted by molar-refractivity contribution is 0.832. The molecule has 2 aromatic rings. The summed E-state index contributed by atoms with van der Waals surface area (Å²) in [6.45, 7) is 0. The first-order valence-corrected chi connectivity index (χ1v) is 5.62. The molecule has 0 radical (unpaired) electrons.